The molecule has 0 aliphatic carbocycles. The van der Waals surface area contributed by atoms with E-state index in [-0.39, 0.29) is 0 Å². The highest BCUT2D eigenvalue weighted by atomic mass is 32.2. The summed E-state index contributed by atoms with van der Waals surface area (Å²) in [6.45, 7) is 3.82. The SMILES string of the molecule is CCCCNC(=NC)NCCc1ccc(S(C)(=O)=O)cc1. The van der Waals surface area contributed by atoms with Crippen LogP contribution >= 0.6 is 0 Å². The summed E-state index contributed by atoms with van der Waals surface area (Å²) in [6, 6.07) is 7.01. The van der Waals surface area contributed by atoms with Crippen molar-refractivity contribution in [2.45, 2.75) is 31.1 Å². The maximum Gasteiger partial charge on any atom is 0.190 e. The van der Waals surface area contributed by atoms with Crippen molar-refractivity contribution in [3.05, 3.63) is 29.8 Å². The van der Waals surface area contributed by atoms with E-state index in [2.05, 4.69) is 22.5 Å². The van der Waals surface area contributed by atoms with Gasteiger partial charge < -0.3 is 10.6 Å². The highest BCUT2D eigenvalue weighted by Gasteiger charge is 2.06. The molecular weight excluding hydrogens is 286 g/mol. The molecule has 0 heterocycles. The maximum atomic E-state index is 11.4. The number of hydrogen-bond acceptors (Lipinski definition) is 3. The van der Waals surface area contributed by atoms with Crippen LogP contribution in [0.1, 0.15) is 25.3 Å². The fraction of sp³-hybridized carbons (Fsp3) is 0.533. The van der Waals surface area contributed by atoms with Crippen LogP contribution in [0.2, 0.25) is 0 Å². The average molecular weight is 311 g/mol. The van der Waals surface area contributed by atoms with Crippen LogP contribution in [0.3, 0.4) is 0 Å². The van der Waals surface area contributed by atoms with Gasteiger partial charge in [-0.25, -0.2) is 8.42 Å². The molecule has 0 aromatic heterocycles. The van der Waals surface area contributed by atoms with E-state index in [1.165, 1.54) is 6.26 Å². The van der Waals surface area contributed by atoms with Gasteiger partial charge in [0.2, 0.25) is 0 Å². The Morgan fingerprint density at radius 3 is 2.29 bits per heavy atom. The molecule has 0 radical (unpaired) electrons. The van der Waals surface area contributed by atoms with Gasteiger partial charge in [-0.1, -0.05) is 25.5 Å². The fourth-order valence-corrected chi connectivity index (χ4v) is 2.46. The predicted molar refractivity (Wildman–Crippen MR) is 87.5 cm³/mol. The maximum absolute atomic E-state index is 11.4. The van der Waals surface area contributed by atoms with Crippen LogP contribution in [0, 0.1) is 0 Å². The van der Waals surface area contributed by atoms with Crippen LogP contribution in [0.15, 0.2) is 34.2 Å². The molecule has 118 valence electrons. The molecule has 0 saturated heterocycles. The molecule has 21 heavy (non-hydrogen) atoms. The lowest BCUT2D eigenvalue weighted by molar-refractivity contribution is 0.602. The molecular formula is C15H25N3O2S. The molecule has 5 nitrogen and oxygen atoms in total. The molecule has 0 spiro atoms. The Kier molecular flexibility index (Phi) is 7.22. The molecule has 0 amide bonds. The van der Waals surface area contributed by atoms with Gasteiger partial charge >= 0.3 is 0 Å². The highest BCUT2D eigenvalue weighted by Crippen LogP contribution is 2.10. The lowest BCUT2D eigenvalue weighted by atomic mass is 10.1. The van der Waals surface area contributed by atoms with Crippen LogP contribution in [0.25, 0.3) is 0 Å². The number of unbranched alkanes of at least 4 members (excludes halogenated alkanes) is 1. The van der Waals surface area contributed by atoms with Crippen molar-refractivity contribution in [1.82, 2.24) is 10.6 Å². The number of benzene rings is 1. The Labute approximate surface area is 127 Å². The van der Waals surface area contributed by atoms with Crippen molar-refractivity contribution < 1.29 is 8.42 Å². The summed E-state index contributed by atoms with van der Waals surface area (Å²) in [5.41, 5.74) is 1.10. The minimum Gasteiger partial charge on any atom is -0.356 e. The van der Waals surface area contributed by atoms with Gasteiger partial charge in [-0.15, -0.1) is 0 Å². The number of nitrogens with one attached hydrogen (secondary N) is 2. The number of rotatable bonds is 7. The first-order chi connectivity index (χ1) is 9.97. The summed E-state index contributed by atoms with van der Waals surface area (Å²) >= 11 is 0. The van der Waals surface area contributed by atoms with Crippen molar-refractivity contribution in [2.24, 2.45) is 4.99 Å². The van der Waals surface area contributed by atoms with E-state index in [1.807, 2.05) is 12.1 Å². The lowest BCUT2D eigenvalue weighted by Crippen LogP contribution is -2.38. The van der Waals surface area contributed by atoms with E-state index in [4.69, 9.17) is 0 Å². The monoisotopic (exact) mass is 311 g/mol. The number of nitrogens with zero attached hydrogens (tertiary/aromatic N) is 1. The second-order valence-electron chi connectivity index (χ2n) is 4.95. The second-order valence-corrected chi connectivity index (χ2v) is 6.96. The third-order valence-corrected chi connectivity index (χ3v) is 4.23. The quantitative estimate of drug-likeness (QED) is 0.456. The minimum atomic E-state index is -3.12. The van der Waals surface area contributed by atoms with Crippen molar-refractivity contribution in [1.29, 1.82) is 0 Å². The second kappa shape index (κ2) is 8.67. The molecule has 0 aliphatic heterocycles. The van der Waals surface area contributed by atoms with E-state index in [9.17, 15) is 8.42 Å². The highest BCUT2D eigenvalue weighted by molar-refractivity contribution is 7.90. The summed E-state index contributed by atoms with van der Waals surface area (Å²) in [5.74, 6) is 0.802. The smallest absolute Gasteiger partial charge is 0.190 e. The van der Waals surface area contributed by atoms with Gasteiger partial charge in [0.15, 0.2) is 15.8 Å². The van der Waals surface area contributed by atoms with Crippen molar-refractivity contribution in [2.75, 3.05) is 26.4 Å². The van der Waals surface area contributed by atoms with Crippen LogP contribution in [0.4, 0.5) is 0 Å². The molecule has 0 unspecified atom stereocenters. The van der Waals surface area contributed by atoms with Crippen LogP contribution in [-0.2, 0) is 16.3 Å². The number of hydrogen-bond donors (Lipinski definition) is 2. The minimum absolute atomic E-state index is 0.358. The molecule has 1 aromatic rings. The molecule has 0 saturated carbocycles. The van der Waals surface area contributed by atoms with Gasteiger partial charge in [-0.2, -0.15) is 0 Å². The third kappa shape index (κ3) is 6.62. The molecule has 0 fully saturated rings. The Bertz CT molecular complexity index is 551. The molecule has 0 atom stereocenters. The first kappa shape index (κ1) is 17.5. The zero-order valence-corrected chi connectivity index (χ0v) is 13.8. The van der Waals surface area contributed by atoms with Crippen LogP contribution < -0.4 is 10.6 Å². The Morgan fingerprint density at radius 1 is 1.14 bits per heavy atom. The summed E-state index contributed by atoms with van der Waals surface area (Å²) < 4.78 is 22.8. The van der Waals surface area contributed by atoms with E-state index in [0.29, 0.717) is 4.90 Å². The normalized spacial score (nSPS) is 12.2. The van der Waals surface area contributed by atoms with Gasteiger partial charge in [0.05, 0.1) is 4.90 Å². The summed E-state index contributed by atoms with van der Waals surface area (Å²) in [5, 5.41) is 6.49. The number of guanidine groups is 1. The van der Waals surface area contributed by atoms with E-state index in [1.54, 1.807) is 19.2 Å². The fourth-order valence-electron chi connectivity index (χ4n) is 1.83. The molecule has 2 N–H and O–H groups in total. The zero-order valence-electron chi connectivity index (χ0n) is 13.0. The zero-order chi connectivity index (χ0) is 15.7. The molecule has 0 aliphatic rings. The van der Waals surface area contributed by atoms with Crippen molar-refractivity contribution in [3.63, 3.8) is 0 Å². The Balaban J connectivity index is 2.41. The van der Waals surface area contributed by atoms with Gasteiger partial charge in [-0.05, 0) is 30.5 Å². The van der Waals surface area contributed by atoms with E-state index >= 15 is 0 Å². The number of sulfone groups is 1. The first-order valence-corrected chi connectivity index (χ1v) is 9.10. The third-order valence-electron chi connectivity index (χ3n) is 3.10. The van der Waals surface area contributed by atoms with Gasteiger partial charge in [0.1, 0.15) is 0 Å². The summed E-state index contributed by atoms with van der Waals surface area (Å²) in [6.07, 6.45) is 4.30. The summed E-state index contributed by atoms with van der Waals surface area (Å²) in [7, 11) is -1.36. The van der Waals surface area contributed by atoms with Crippen LogP contribution in [0.5, 0.6) is 0 Å². The van der Waals surface area contributed by atoms with Gasteiger partial charge in [-0.3, -0.25) is 4.99 Å². The standard InChI is InChI=1S/C15H25N3O2S/c1-4-5-11-17-15(16-2)18-12-10-13-6-8-14(9-7-13)21(3,19)20/h6-9H,4-5,10-12H2,1-3H3,(H2,16,17,18). The molecule has 0 bridgehead atoms. The van der Waals surface area contributed by atoms with Crippen molar-refractivity contribution in [3.8, 4) is 0 Å². The average Bonchev–Trinajstić information content (AvgIpc) is 2.45. The molecule has 6 heteroatoms. The molecule has 1 aromatic carbocycles. The van der Waals surface area contributed by atoms with Gasteiger partial charge in [0, 0.05) is 26.4 Å². The first-order valence-electron chi connectivity index (χ1n) is 7.21. The van der Waals surface area contributed by atoms with Crippen LogP contribution in [-0.4, -0.2) is 40.8 Å². The Hall–Kier alpha value is -1.56. The number of aliphatic imine (C=N–C) groups is 1. The van der Waals surface area contributed by atoms with Gasteiger partial charge in [0.25, 0.3) is 0 Å². The Morgan fingerprint density at radius 2 is 1.76 bits per heavy atom. The largest absolute Gasteiger partial charge is 0.356 e. The lowest BCUT2D eigenvalue weighted by Gasteiger charge is -2.11. The van der Waals surface area contributed by atoms with E-state index in [0.717, 1.165) is 43.9 Å². The van der Waals surface area contributed by atoms with Crippen molar-refractivity contribution >= 4 is 15.8 Å². The molecule has 1 rings (SSSR count). The topological polar surface area (TPSA) is 70.6 Å². The predicted octanol–water partition coefficient (Wildman–Crippen LogP) is 1.60. The van der Waals surface area contributed by atoms with E-state index < -0.39 is 9.84 Å². The summed E-state index contributed by atoms with van der Waals surface area (Å²) in [4.78, 5) is 4.51.